The molecule has 0 atom stereocenters. The molecule has 0 saturated heterocycles. The van der Waals surface area contributed by atoms with Gasteiger partial charge in [-0.3, -0.25) is 0 Å². The average Bonchev–Trinajstić information content (AvgIpc) is 3.34. The molecule has 1 aromatic heterocycles. The van der Waals surface area contributed by atoms with E-state index >= 15 is 0 Å². The molecule has 0 aliphatic carbocycles. The van der Waals surface area contributed by atoms with Crippen LogP contribution in [0.5, 0.6) is 0 Å². The van der Waals surface area contributed by atoms with Gasteiger partial charge in [0.2, 0.25) is 0 Å². The molecule has 0 saturated carbocycles. The molecule has 0 bridgehead atoms. The predicted molar refractivity (Wildman–Crippen MR) is 184 cm³/mol. The lowest BCUT2D eigenvalue weighted by Crippen LogP contribution is -2.26. The fraction of sp³-hybridized carbons (Fsp3) is 0.171. The standard InChI is InChI=1S/C41H36N2/c1-40(2,3)29-18-21-30(22-19-29)42(31-20-17-27-11-6-7-12-28(27)25-31)32-23-24-37-34(26-32)33-13-10-15-36-39(33)43(37)38-16-9-8-14-35(38)41(36,4)5/h6-26H,1-5H3. The Hall–Kier alpha value is -4.82. The van der Waals surface area contributed by atoms with Gasteiger partial charge in [-0.1, -0.05) is 113 Å². The van der Waals surface area contributed by atoms with Crippen molar-refractivity contribution in [2.24, 2.45) is 0 Å². The second kappa shape index (κ2) is 9.09. The smallest absolute Gasteiger partial charge is 0.0582 e. The monoisotopic (exact) mass is 556 g/mol. The SMILES string of the molecule is CC(C)(C)c1ccc(N(c2ccc3ccccc3c2)c2ccc3c(c2)c2cccc4c2n3-c2ccccc2C4(C)C)cc1. The third-order valence-corrected chi connectivity index (χ3v) is 9.50. The van der Waals surface area contributed by atoms with E-state index in [4.69, 9.17) is 0 Å². The Kier molecular flexibility index (Phi) is 5.46. The predicted octanol–water partition coefficient (Wildman–Crippen LogP) is 11.3. The zero-order valence-corrected chi connectivity index (χ0v) is 25.5. The van der Waals surface area contributed by atoms with E-state index in [0.717, 1.165) is 17.1 Å². The molecule has 2 heteroatoms. The van der Waals surface area contributed by atoms with Crippen molar-refractivity contribution in [3.8, 4) is 5.69 Å². The van der Waals surface area contributed by atoms with Crippen LogP contribution in [0.3, 0.4) is 0 Å². The minimum atomic E-state index is -0.0742. The number of anilines is 3. The van der Waals surface area contributed by atoms with E-state index in [2.05, 4.69) is 171 Å². The second-order valence-corrected chi connectivity index (χ2v) is 13.5. The fourth-order valence-electron chi connectivity index (χ4n) is 7.17. The van der Waals surface area contributed by atoms with Crippen molar-refractivity contribution in [2.75, 3.05) is 4.90 Å². The lowest BCUT2D eigenvalue weighted by Gasteiger charge is -2.34. The van der Waals surface area contributed by atoms with Gasteiger partial charge in [-0.05, 0) is 81.4 Å². The Labute approximate surface area is 253 Å². The van der Waals surface area contributed by atoms with Crippen molar-refractivity contribution >= 4 is 49.6 Å². The molecule has 2 nitrogen and oxygen atoms in total. The second-order valence-electron chi connectivity index (χ2n) is 13.5. The third kappa shape index (κ3) is 3.86. The average molecular weight is 557 g/mol. The van der Waals surface area contributed by atoms with Gasteiger partial charge in [0.1, 0.15) is 0 Å². The van der Waals surface area contributed by atoms with Gasteiger partial charge in [0.15, 0.2) is 0 Å². The number of para-hydroxylation sites is 2. The molecule has 0 spiro atoms. The maximum absolute atomic E-state index is 2.49. The first-order valence-corrected chi connectivity index (χ1v) is 15.3. The number of hydrogen-bond donors (Lipinski definition) is 0. The normalized spacial score (nSPS) is 13.9. The van der Waals surface area contributed by atoms with E-state index < -0.39 is 0 Å². The van der Waals surface area contributed by atoms with Crippen molar-refractivity contribution in [1.29, 1.82) is 0 Å². The van der Waals surface area contributed by atoms with Crippen LogP contribution in [0, 0.1) is 0 Å². The molecule has 0 radical (unpaired) electrons. The number of hydrogen-bond acceptors (Lipinski definition) is 1. The lowest BCUT2D eigenvalue weighted by molar-refractivity contribution is 0.590. The maximum Gasteiger partial charge on any atom is 0.0582 e. The molecule has 0 unspecified atom stereocenters. The van der Waals surface area contributed by atoms with Crippen LogP contribution in [-0.2, 0) is 10.8 Å². The van der Waals surface area contributed by atoms with E-state index in [1.165, 1.54) is 55.0 Å². The Morgan fingerprint density at radius 3 is 2.00 bits per heavy atom. The van der Waals surface area contributed by atoms with E-state index in [-0.39, 0.29) is 10.8 Å². The van der Waals surface area contributed by atoms with Gasteiger partial charge in [0.25, 0.3) is 0 Å². The summed E-state index contributed by atoms with van der Waals surface area (Å²) in [5.74, 6) is 0. The van der Waals surface area contributed by atoms with E-state index in [9.17, 15) is 0 Å². The van der Waals surface area contributed by atoms with Crippen LogP contribution in [0.15, 0.2) is 127 Å². The van der Waals surface area contributed by atoms with Crippen molar-refractivity contribution in [3.05, 3.63) is 144 Å². The van der Waals surface area contributed by atoms with Crippen LogP contribution in [-0.4, -0.2) is 4.57 Å². The van der Waals surface area contributed by atoms with Gasteiger partial charge < -0.3 is 9.47 Å². The summed E-state index contributed by atoms with van der Waals surface area (Å²) in [6.07, 6.45) is 0. The number of benzene rings is 6. The topological polar surface area (TPSA) is 8.17 Å². The summed E-state index contributed by atoms with van der Waals surface area (Å²) in [5, 5.41) is 5.07. The number of fused-ring (bicyclic) bond motifs is 6. The van der Waals surface area contributed by atoms with Crippen LogP contribution in [0.2, 0.25) is 0 Å². The fourth-order valence-corrected chi connectivity index (χ4v) is 7.17. The van der Waals surface area contributed by atoms with E-state index in [1.807, 2.05) is 0 Å². The molecule has 6 aromatic carbocycles. The Balaban J connectivity index is 1.39. The summed E-state index contributed by atoms with van der Waals surface area (Å²) < 4.78 is 2.49. The summed E-state index contributed by atoms with van der Waals surface area (Å²) in [5.41, 5.74) is 11.4. The van der Waals surface area contributed by atoms with Crippen LogP contribution in [0.1, 0.15) is 51.3 Å². The summed E-state index contributed by atoms with van der Waals surface area (Å²) in [7, 11) is 0. The Bertz CT molecular complexity index is 2190. The number of rotatable bonds is 3. The van der Waals surface area contributed by atoms with Crippen molar-refractivity contribution in [2.45, 2.75) is 45.4 Å². The first-order chi connectivity index (χ1) is 20.7. The molecule has 1 aliphatic heterocycles. The van der Waals surface area contributed by atoms with E-state index in [0.29, 0.717) is 0 Å². The molecule has 2 heterocycles. The lowest BCUT2D eigenvalue weighted by atomic mass is 9.75. The molecule has 8 rings (SSSR count). The summed E-state index contributed by atoms with van der Waals surface area (Å²) in [4.78, 5) is 2.41. The molecule has 0 fully saturated rings. The first kappa shape index (κ1) is 25.9. The molecule has 210 valence electrons. The maximum atomic E-state index is 2.49. The van der Waals surface area contributed by atoms with Crippen molar-refractivity contribution in [3.63, 3.8) is 0 Å². The number of aromatic nitrogens is 1. The molecule has 0 amide bonds. The van der Waals surface area contributed by atoms with Crippen LogP contribution in [0.25, 0.3) is 38.3 Å². The minimum absolute atomic E-state index is 0.0742. The summed E-state index contributed by atoms with van der Waals surface area (Å²) in [6, 6.07) is 47.3. The Morgan fingerprint density at radius 2 is 1.21 bits per heavy atom. The van der Waals surface area contributed by atoms with Gasteiger partial charge in [0, 0.05) is 33.2 Å². The third-order valence-electron chi connectivity index (χ3n) is 9.50. The molecule has 7 aromatic rings. The molecular weight excluding hydrogens is 520 g/mol. The number of nitrogens with zero attached hydrogens (tertiary/aromatic N) is 2. The molecule has 0 N–H and O–H groups in total. The highest BCUT2D eigenvalue weighted by atomic mass is 15.1. The van der Waals surface area contributed by atoms with Gasteiger partial charge in [-0.2, -0.15) is 0 Å². The van der Waals surface area contributed by atoms with Gasteiger partial charge in [-0.15, -0.1) is 0 Å². The molecular formula is C41H36N2. The van der Waals surface area contributed by atoms with Crippen LogP contribution >= 0.6 is 0 Å². The zero-order chi connectivity index (χ0) is 29.5. The van der Waals surface area contributed by atoms with Crippen LogP contribution in [0.4, 0.5) is 17.1 Å². The van der Waals surface area contributed by atoms with Gasteiger partial charge in [-0.25, -0.2) is 0 Å². The molecule has 1 aliphatic rings. The highest BCUT2D eigenvalue weighted by molar-refractivity contribution is 6.13. The summed E-state index contributed by atoms with van der Waals surface area (Å²) in [6.45, 7) is 11.5. The largest absolute Gasteiger partial charge is 0.310 e. The van der Waals surface area contributed by atoms with Gasteiger partial charge in [0.05, 0.1) is 16.7 Å². The van der Waals surface area contributed by atoms with Crippen molar-refractivity contribution in [1.82, 2.24) is 4.57 Å². The Morgan fingerprint density at radius 1 is 0.558 bits per heavy atom. The first-order valence-electron chi connectivity index (χ1n) is 15.3. The van der Waals surface area contributed by atoms with Crippen molar-refractivity contribution < 1.29 is 0 Å². The minimum Gasteiger partial charge on any atom is -0.310 e. The molecule has 43 heavy (non-hydrogen) atoms. The summed E-state index contributed by atoms with van der Waals surface area (Å²) >= 11 is 0. The van der Waals surface area contributed by atoms with Crippen LogP contribution < -0.4 is 4.90 Å². The highest BCUT2D eigenvalue weighted by Gasteiger charge is 2.34. The zero-order valence-electron chi connectivity index (χ0n) is 25.5. The van der Waals surface area contributed by atoms with Gasteiger partial charge >= 0.3 is 0 Å². The van der Waals surface area contributed by atoms with E-state index in [1.54, 1.807) is 0 Å². The highest BCUT2D eigenvalue weighted by Crippen LogP contribution is 2.48. The quantitative estimate of drug-likeness (QED) is 0.210.